The minimum absolute atomic E-state index is 0.196. The Morgan fingerprint density at radius 1 is 1.46 bits per heavy atom. The van der Waals surface area contributed by atoms with Crippen molar-refractivity contribution in [3.8, 4) is 0 Å². The van der Waals surface area contributed by atoms with Crippen LogP contribution < -0.4 is 0 Å². The largest absolute Gasteiger partial charge is 0.393 e. The fourth-order valence-corrected chi connectivity index (χ4v) is 1.47. The summed E-state index contributed by atoms with van der Waals surface area (Å²) >= 11 is 0. The third-order valence-corrected chi connectivity index (χ3v) is 2.29. The predicted molar refractivity (Wildman–Crippen MR) is 50.7 cm³/mol. The van der Waals surface area contributed by atoms with Crippen molar-refractivity contribution >= 4 is 0 Å². The van der Waals surface area contributed by atoms with Crippen LogP contribution in [0.2, 0.25) is 0 Å². The van der Waals surface area contributed by atoms with Gasteiger partial charge in [-0.3, -0.25) is 0 Å². The van der Waals surface area contributed by atoms with Crippen LogP contribution in [0.5, 0.6) is 0 Å². The summed E-state index contributed by atoms with van der Waals surface area (Å²) in [4.78, 5) is 0. The minimum atomic E-state index is -0.196. The van der Waals surface area contributed by atoms with Gasteiger partial charge in [-0.15, -0.1) is 0 Å². The molecule has 0 aromatic heterocycles. The van der Waals surface area contributed by atoms with E-state index < -0.39 is 0 Å². The Bertz CT molecular complexity index is 119. The van der Waals surface area contributed by atoms with Crippen LogP contribution in [-0.4, -0.2) is 37.1 Å². The molecule has 1 fully saturated rings. The lowest BCUT2D eigenvalue weighted by atomic mass is 10.1. The molecule has 13 heavy (non-hydrogen) atoms. The van der Waals surface area contributed by atoms with E-state index in [2.05, 4.69) is 0 Å². The fourth-order valence-electron chi connectivity index (χ4n) is 1.47. The van der Waals surface area contributed by atoms with Gasteiger partial charge < -0.3 is 14.6 Å². The quantitative estimate of drug-likeness (QED) is 0.662. The van der Waals surface area contributed by atoms with E-state index in [-0.39, 0.29) is 6.10 Å². The van der Waals surface area contributed by atoms with Crippen molar-refractivity contribution in [1.29, 1.82) is 0 Å². The minimum Gasteiger partial charge on any atom is -0.393 e. The van der Waals surface area contributed by atoms with E-state index in [4.69, 9.17) is 14.6 Å². The van der Waals surface area contributed by atoms with E-state index in [1.807, 2.05) is 6.92 Å². The lowest BCUT2D eigenvalue weighted by Crippen LogP contribution is -2.23. The Morgan fingerprint density at radius 2 is 2.15 bits per heavy atom. The van der Waals surface area contributed by atoms with Gasteiger partial charge in [0.25, 0.3) is 0 Å². The maximum absolute atomic E-state index is 9.01. The number of hydrogen-bond donors (Lipinski definition) is 1. The summed E-state index contributed by atoms with van der Waals surface area (Å²) in [6.45, 7) is 4.26. The molecule has 1 heterocycles. The molecule has 1 unspecified atom stereocenters. The van der Waals surface area contributed by atoms with Crippen LogP contribution in [0.15, 0.2) is 0 Å². The zero-order valence-corrected chi connectivity index (χ0v) is 8.37. The zero-order valence-electron chi connectivity index (χ0n) is 8.37. The van der Waals surface area contributed by atoms with Crippen LogP contribution in [0.1, 0.15) is 32.6 Å². The highest BCUT2D eigenvalue weighted by Crippen LogP contribution is 2.11. The zero-order chi connectivity index (χ0) is 9.52. The Balaban J connectivity index is 1.92. The molecule has 3 nitrogen and oxygen atoms in total. The second-order valence-electron chi connectivity index (χ2n) is 3.67. The molecule has 0 aliphatic carbocycles. The summed E-state index contributed by atoms with van der Waals surface area (Å²) in [7, 11) is 0. The fraction of sp³-hybridized carbons (Fsp3) is 1.00. The summed E-state index contributed by atoms with van der Waals surface area (Å²) in [6, 6.07) is 0. The first kappa shape index (κ1) is 11.0. The second-order valence-corrected chi connectivity index (χ2v) is 3.67. The van der Waals surface area contributed by atoms with Gasteiger partial charge in [0.2, 0.25) is 0 Å². The molecular formula is C10H20O3. The van der Waals surface area contributed by atoms with Gasteiger partial charge >= 0.3 is 0 Å². The molecule has 1 saturated heterocycles. The van der Waals surface area contributed by atoms with Crippen molar-refractivity contribution in [3.63, 3.8) is 0 Å². The van der Waals surface area contributed by atoms with Crippen molar-refractivity contribution in [1.82, 2.24) is 0 Å². The van der Waals surface area contributed by atoms with Crippen molar-refractivity contribution in [2.45, 2.75) is 44.8 Å². The van der Waals surface area contributed by atoms with E-state index in [1.54, 1.807) is 0 Å². The molecular weight excluding hydrogens is 168 g/mol. The summed E-state index contributed by atoms with van der Waals surface area (Å²) in [5, 5.41) is 9.01. The lowest BCUT2D eigenvalue weighted by molar-refractivity contribution is -0.0342. The number of ether oxygens (including phenoxy) is 2. The molecule has 1 aliphatic heterocycles. The highest BCUT2D eigenvalue weighted by Gasteiger charge is 2.13. The average molecular weight is 188 g/mol. The van der Waals surface area contributed by atoms with Crippen molar-refractivity contribution < 1.29 is 14.6 Å². The molecule has 0 radical (unpaired) electrons. The smallest absolute Gasteiger partial charge is 0.0619 e. The molecule has 0 aromatic carbocycles. The van der Waals surface area contributed by atoms with Crippen LogP contribution >= 0.6 is 0 Å². The van der Waals surface area contributed by atoms with Crippen LogP contribution in [0.3, 0.4) is 0 Å². The van der Waals surface area contributed by atoms with Gasteiger partial charge in [-0.1, -0.05) is 0 Å². The van der Waals surface area contributed by atoms with E-state index in [0.717, 1.165) is 45.5 Å². The second kappa shape index (κ2) is 6.35. The van der Waals surface area contributed by atoms with Gasteiger partial charge in [-0.05, 0) is 32.6 Å². The van der Waals surface area contributed by atoms with Gasteiger partial charge in [0.05, 0.1) is 12.2 Å². The van der Waals surface area contributed by atoms with Crippen LogP contribution in [0.4, 0.5) is 0 Å². The molecule has 0 aromatic rings. The van der Waals surface area contributed by atoms with E-state index in [0.29, 0.717) is 6.10 Å². The Kier molecular flexibility index (Phi) is 5.35. The monoisotopic (exact) mass is 188 g/mol. The number of aliphatic hydroxyl groups excluding tert-OH is 1. The van der Waals surface area contributed by atoms with Crippen molar-refractivity contribution in [2.75, 3.05) is 19.8 Å². The standard InChI is InChI=1S/C10H20O3/c1-9(11)3-2-6-13-10-4-7-12-8-5-10/h9-11H,2-8H2,1H3. The summed E-state index contributed by atoms with van der Waals surface area (Å²) < 4.78 is 10.9. The first-order chi connectivity index (χ1) is 6.29. The number of rotatable bonds is 5. The highest BCUT2D eigenvalue weighted by atomic mass is 16.5. The highest BCUT2D eigenvalue weighted by molar-refractivity contribution is 4.62. The van der Waals surface area contributed by atoms with Gasteiger partial charge in [0.1, 0.15) is 0 Å². The van der Waals surface area contributed by atoms with Crippen LogP contribution in [-0.2, 0) is 9.47 Å². The summed E-state index contributed by atoms with van der Waals surface area (Å²) in [6.07, 6.45) is 4.03. The predicted octanol–water partition coefficient (Wildman–Crippen LogP) is 1.34. The maximum atomic E-state index is 9.01. The van der Waals surface area contributed by atoms with Crippen molar-refractivity contribution in [2.24, 2.45) is 0 Å². The Morgan fingerprint density at radius 3 is 2.77 bits per heavy atom. The van der Waals surface area contributed by atoms with Gasteiger partial charge in [0, 0.05) is 19.8 Å². The first-order valence-electron chi connectivity index (χ1n) is 5.16. The molecule has 0 saturated carbocycles. The van der Waals surface area contributed by atoms with Gasteiger partial charge in [-0.2, -0.15) is 0 Å². The molecule has 3 heteroatoms. The third-order valence-electron chi connectivity index (χ3n) is 2.29. The SMILES string of the molecule is CC(O)CCCOC1CCOCC1. The lowest BCUT2D eigenvalue weighted by Gasteiger charge is -2.22. The Hall–Kier alpha value is -0.120. The molecule has 1 N–H and O–H groups in total. The van der Waals surface area contributed by atoms with Crippen LogP contribution in [0, 0.1) is 0 Å². The van der Waals surface area contributed by atoms with E-state index >= 15 is 0 Å². The third kappa shape index (κ3) is 5.24. The first-order valence-corrected chi connectivity index (χ1v) is 5.16. The molecule has 0 amide bonds. The topological polar surface area (TPSA) is 38.7 Å². The van der Waals surface area contributed by atoms with Crippen LogP contribution in [0.25, 0.3) is 0 Å². The molecule has 1 rings (SSSR count). The Labute approximate surface area is 80.0 Å². The molecule has 1 aliphatic rings. The van der Waals surface area contributed by atoms with Crippen molar-refractivity contribution in [3.05, 3.63) is 0 Å². The molecule has 0 spiro atoms. The van der Waals surface area contributed by atoms with E-state index in [1.165, 1.54) is 0 Å². The average Bonchev–Trinajstić information content (AvgIpc) is 2.14. The summed E-state index contributed by atoms with van der Waals surface area (Å²) in [5.74, 6) is 0. The number of hydrogen-bond acceptors (Lipinski definition) is 3. The van der Waals surface area contributed by atoms with E-state index in [9.17, 15) is 0 Å². The van der Waals surface area contributed by atoms with Gasteiger partial charge in [-0.25, -0.2) is 0 Å². The normalized spacial score (nSPS) is 21.7. The summed E-state index contributed by atoms with van der Waals surface area (Å²) in [5.41, 5.74) is 0. The van der Waals surface area contributed by atoms with Gasteiger partial charge in [0.15, 0.2) is 0 Å². The number of aliphatic hydroxyl groups is 1. The molecule has 1 atom stereocenters. The molecule has 0 bridgehead atoms. The molecule has 78 valence electrons. The maximum Gasteiger partial charge on any atom is 0.0619 e.